The minimum atomic E-state index is -1.04. The first-order valence-corrected chi connectivity index (χ1v) is 8.53. The Morgan fingerprint density at radius 3 is 2.68 bits per heavy atom. The summed E-state index contributed by atoms with van der Waals surface area (Å²) in [7, 11) is 0. The van der Waals surface area contributed by atoms with Gasteiger partial charge in [-0.05, 0) is 32.1 Å². The highest BCUT2D eigenvalue weighted by Gasteiger charge is 2.36. The minimum Gasteiger partial charge on any atom is -0.390 e. The van der Waals surface area contributed by atoms with Crippen molar-refractivity contribution >= 4 is 0 Å². The Labute approximate surface area is 132 Å². The highest BCUT2D eigenvalue weighted by atomic mass is 16.7. The molecule has 1 aliphatic heterocycles. The first-order valence-electron chi connectivity index (χ1n) is 8.53. The van der Waals surface area contributed by atoms with Crippen molar-refractivity contribution < 1.29 is 29.5 Å². The largest absolute Gasteiger partial charge is 0.390 e. The lowest BCUT2D eigenvalue weighted by Gasteiger charge is -2.26. The molecule has 0 aromatic heterocycles. The van der Waals surface area contributed by atoms with Crippen molar-refractivity contribution in [3.63, 3.8) is 0 Å². The van der Waals surface area contributed by atoms with Gasteiger partial charge in [-0.15, -0.1) is 0 Å². The highest BCUT2D eigenvalue weighted by molar-refractivity contribution is 4.81. The van der Waals surface area contributed by atoms with Crippen LogP contribution >= 0.6 is 0 Å². The van der Waals surface area contributed by atoms with E-state index in [4.69, 9.17) is 14.2 Å². The van der Waals surface area contributed by atoms with Crippen molar-refractivity contribution in [3.8, 4) is 0 Å². The number of hydrogen-bond acceptors (Lipinski definition) is 6. The summed E-state index contributed by atoms with van der Waals surface area (Å²) < 4.78 is 16.6. The van der Waals surface area contributed by atoms with Crippen LogP contribution < -0.4 is 0 Å². The van der Waals surface area contributed by atoms with Crippen LogP contribution in [0.2, 0.25) is 0 Å². The number of hydrogen-bond donors (Lipinski definition) is 3. The van der Waals surface area contributed by atoms with Crippen molar-refractivity contribution in [1.82, 2.24) is 0 Å². The van der Waals surface area contributed by atoms with Gasteiger partial charge in [-0.3, -0.25) is 0 Å². The quantitative estimate of drug-likeness (QED) is 0.556. The molecule has 0 bridgehead atoms. The molecular weight excluding hydrogens is 288 g/mol. The molecule has 2 fully saturated rings. The lowest BCUT2D eigenvalue weighted by Crippen LogP contribution is -2.40. The van der Waals surface area contributed by atoms with Gasteiger partial charge in [0, 0.05) is 12.8 Å². The topological polar surface area (TPSA) is 88.4 Å². The SMILES string of the molecule is CCCCC1OCC(C(O)C(O)CCOC2(O)CCCC2)O1. The van der Waals surface area contributed by atoms with Crippen LogP contribution in [0.25, 0.3) is 0 Å². The van der Waals surface area contributed by atoms with Gasteiger partial charge in [0.2, 0.25) is 0 Å². The summed E-state index contributed by atoms with van der Waals surface area (Å²) >= 11 is 0. The van der Waals surface area contributed by atoms with Gasteiger partial charge in [0.1, 0.15) is 12.2 Å². The molecule has 6 heteroatoms. The van der Waals surface area contributed by atoms with Gasteiger partial charge >= 0.3 is 0 Å². The molecule has 2 aliphatic rings. The molecule has 22 heavy (non-hydrogen) atoms. The molecule has 4 unspecified atom stereocenters. The van der Waals surface area contributed by atoms with Crippen molar-refractivity contribution in [2.45, 2.75) is 88.7 Å². The summed E-state index contributed by atoms with van der Waals surface area (Å²) in [6.07, 6.45) is 3.68. The lowest BCUT2D eigenvalue weighted by atomic mass is 10.1. The molecular formula is C16H30O6. The smallest absolute Gasteiger partial charge is 0.165 e. The van der Waals surface area contributed by atoms with Gasteiger partial charge in [-0.1, -0.05) is 13.3 Å². The van der Waals surface area contributed by atoms with E-state index in [1.54, 1.807) is 0 Å². The number of rotatable bonds is 9. The second kappa shape index (κ2) is 8.57. The van der Waals surface area contributed by atoms with E-state index >= 15 is 0 Å². The zero-order valence-electron chi connectivity index (χ0n) is 13.4. The number of ether oxygens (including phenoxy) is 3. The first-order chi connectivity index (χ1) is 10.5. The van der Waals surface area contributed by atoms with Gasteiger partial charge in [0.15, 0.2) is 12.1 Å². The molecule has 130 valence electrons. The fourth-order valence-electron chi connectivity index (χ4n) is 3.04. The molecule has 0 amide bonds. The van der Waals surface area contributed by atoms with Crippen LogP contribution in [-0.4, -0.2) is 58.9 Å². The van der Waals surface area contributed by atoms with Gasteiger partial charge in [-0.25, -0.2) is 0 Å². The van der Waals surface area contributed by atoms with Crippen LogP contribution in [0.5, 0.6) is 0 Å². The molecule has 0 spiro atoms. The van der Waals surface area contributed by atoms with Crippen LogP contribution in [-0.2, 0) is 14.2 Å². The maximum Gasteiger partial charge on any atom is 0.165 e. The van der Waals surface area contributed by atoms with E-state index in [1.165, 1.54) is 0 Å². The van der Waals surface area contributed by atoms with Gasteiger partial charge in [0.05, 0.1) is 19.3 Å². The Balaban J connectivity index is 1.65. The maximum absolute atomic E-state index is 10.1. The summed E-state index contributed by atoms with van der Waals surface area (Å²) in [6.45, 7) is 2.63. The average molecular weight is 318 g/mol. The van der Waals surface area contributed by atoms with Crippen LogP contribution in [0.15, 0.2) is 0 Å². The molecule has 0 radical (unpaired) electrons. The Hall–Kier alpha value is -0.240. The van der Waals surface area contributed by atoms with Crippen molar-refractivity contribution in [1.29, 1.82) is 0 Å². The zero-order chi connectivity index (χ0) is 16.0. The molecule has 1 aliphatic carbocycles. The van der Waals surface area contributed by atoms with Crippen molar-refractivity contribution in [2.24, 2.45) is 0 Å². The van der Waals surface area contributed by atoms with E-state index in [1.807, 2.05) is 0 Å². The molecule has 4 atom stereocenters. The average Bonchev–Trinajstić information content (AvgIpc) is 3.13. The second-order valence-electron chi connectivity index (χ2n) is 6.43. The molecule has 3 N–H and O–H groups in total. The van der Waals surface area contributed by atoms with Gasteiger partial charge in [-0.2, -0.15) is 0 Å². The van der Waals surface area contributed by atoms with Crippen LogP contribution in [0, 0.1) is 0 Å². The molecule has 1 saturated carbocycles. The third-order valence-electron chi connectivity index (χ3n) is 4.51. The lowest BCUT2D eigenvalue weighted by molar-refractivity contribution is -0.203. The molecule has 0 aromatic carbocycles. The molecule has 2 rings (SSSR count). The first kappa shape index (κ1) is 18.1. The predicted molar refractivity (Wildman–Crippen MR) is 80.1 cm³/mol. The van der Waals surface area contributed by atoms with Crippen molar-refractivity contribution in [3.05, 3.63) is 0 Å². The molecule has 1 saturated heterocycles. The summed E-state index contributed by atoms with van der Waals surface area (Å²) in [5.74, 6) is -1.04. The van der Waals surface area contributed by atoms with E-state index in [-0.39, 0.29) is 19.3 Å². The highest BCUT2D eigenvalue weighted by Crippen LogP contribution is 2.30. The monoisotopic (exact) mass is 318 g/mol. The standard InChI is InChI=1S/C16H30O6/c1-2-3-6-14-20-11-13(22-14)15(18)12(17)7-10-21-16(19)8-4-5-9-16/h12-15,17-19H,2-11H2,1H3. The van der Waals surface area contributed by atoms with E-state index in [0.29, 0.717) is 19.4 Å². The minimum absolute atomic E-state index is 0.224. The zero-order valence-corrected chi connectivity index (χ0v) is 13.4. The normalized spacial score (nSPS) is 30.5. The van der Waals surface area contributed by atoms with Gasteiger partial charge in [0.25, 0.3) is 0 Å². The van der Waals surface area contributed by atoms with Crippen molar-refractivity contribution in [2.75, 3.05) is 13.2 Å². The third-order valence-corrected chi connectivity index (χ3v) is 4.51. The Bertz CT molecular complexity index is 318. The maximum atomic E-state index is 10.1. The number of aliphatic hydroxyl groups excluding tert-OH is 2. The second-order valence-corrected chi connectivity index (χ2v) is 6.43. The molecule has 6 nitrogen and oxygen atoms in total. The van der Waals surface area contributed by atoms with E-state index in [2.05, 4.69) is 6.92 Å². The van der Waals surface area contributed by atoms with Crippen LogP contribution in [0.1, 0.15) is 58.3 Å². The van der Waals surface area contributed by atoms with E-state index in [0.717, 1.165) is 32.1 Å². The fourth-order valence-corrected chi connectivity index (χ4v) is 3.04. The van der Waals surface area contributed by atoms with E-state index < -0.39 is 24.1 Å². The summed E-state index contributed by atoms with van der Waals surface area (Å²) in [6, 6.07) is 0. The van der Waals surface area contributed by atoms with E-state index in [9.17, 15) is 15.3 Å². The van der Waals surface area contributed by atoms with Crippen LogP contribution in [0.4, 0.5) is 0 Å². The van der Waals surface area contributed by atoms with Gasteiger partial charge < -0.3 is 29.5 Å². The molecule has 1 heterocycles. The number of aliphatic hydroxyl groups is 3. The summed E-state index contributed by atoms with van der Waals surface area (Å²) in [5, 5.41) is 30.3. The third kappa shape index (κ3) is 5.15. The number of unbranched alkanes of at least 4 members (excludes halogenated alkanes) is 1. The summed E-state index contributed by atoms with van der Waals surface area (Å²) in [4.78, 5) is 0. The predicted octanol–water partition coefficient (Wildman–Crippen LogP) is 1.31. The van der Waals surface area contributed by atoms with Crippen LogP contribution in [0.3, 0.4) is 0 Å². The summed E-state index contributed by atoms with van der Waals surface area (Å²) in [5.41, 5.74) is 0. The fraction of sp³-hybridized carbons (Fsp3) is 1.00. The molecule has 0 aromatic rings. The Morgan fingerprint density at radius 2 is 2.00 bits per heavy atom. The Morgan fingerprint density at radius 1 is 1.27 bits per heavy atom. The Kier molecular flexibility index (Phi) is 7.05.